The molecule has 3 heteroatoms. The zero-order valence-corrected chi connectivity index (χ0v) is 11.9. The fourth-order valence-corrected chi connectivity index (χ4v) is 1.96. The Balaban J connectivity index is 1.83. The van der Waals surface area contributed by atoms with Crippen LogP contribution in [0.1, 0.15) is 24.0 Å². The second-order valence-electron chi connectivity index (χ2n) is 4.94. The average molecular weight is 283 g/mol. The molecule has 0 fully saturated rings. The minimum Gasteiger partial charge on any atom is -0.352 e. The first-order chi connectivity index (χ1) is 10.1. The molecule has 2 aromatic rings. The molecule has 0 bridgehead atoms. The molecule has 0 aliphatic rings. The van der Waals surface area contributed by atoms with Gasteiger partial charge >= 0.3 is 0 Å². The number of carbonyl (C=O) groups is 1. The van der Waals surface area contributed by atoms with E-state index in [1.165, 1.54) is 23.8 Å². The van der Waals surface area contributed by atoms with Gasteiger partial charge in [0.2, 0.25) is 5.91 Å². The van der Waals surface area contributed by atoms with Gasteiger partial charge in [0.1, 0.15) is 5.82 Å². The molecule has 0 aliphatic heterocycles. The number of nitrogens with one attached hydrogen (secondary N) is 1. The first-order valence-corrected chi connectivity index (χ1v) is 6.91. The van der Waals surface area contributed by atoms with Crippen molar-refractivity contribution in [1.29, 1.82) is 0 Å². The van der Waals surface area contributed by atoms with Crippen LogP contribution >= 0.6 is 0 Å². The predicted molar refractivity (Wildman–Crippen MR) is 83.3 cm³/mol. The van der Waals surface area contributed by atoms with Gasteiger partial charge in [-0.05, 0) is 35.3 Å². The number of benzene rings is 2. The topological polar surface area (TPSA) is 29.1 Å². The van der Waals surface area contributed by atoms with Crippen LogP contribution in [0.4, 0.5) is 4.39 Å². The van der Waals surface area contributed by atoms with Crippen molar-refractivity contribution in [2.45, 2.75) is 12.8 Å². The highest BCUT2D eigenvalue weighted by molar-refractivity contribution is 5.91. The van der Waals surface area contributed by atoms with Crippen LogP contribution in [0.3, 0.4) is 0 Å². The van der Waals surface area contributed by atoms with Crippen molar-refractivity contribution in [3.05, 3.63) is 77.6 Å². The lowest BCUT2D eigenvalue weighted by Gasteiger charge is -2.11. The van der Waals surface area contributed by atoms with Crippen molar-refractivity contribution in [2.24, 2.45) is 0 Å². The summed E-state index contributed by atoms with van der Waals surface area (Å²) in [5.41, 5.74) is 1.99. The number of rotatable bonds is 5. The maximum Gasteiger partial charge on any atom is 0.244 e. The van der Waals surface area contributed by atoms with E-state index in [1.54, 1.807) is 18.2 Å². The molecule has 2 rings (SSSR count). The summed E-state index contributed by atoms with van der Waals surface area (Å²) in [6.45, 7) is 2.65. The highest BCUT2D eigenvalue weighted by Gasteiger charge is 2.05. The third-order valence-corrected chi connectivity index (χ3v) is 3.25. The molecule has 0 saturated carbocycles. The standard InChI is InChI=1S/C18H18FNO/c1-14(16-5-3-2-4-6-16)13-20-18(21)12-9-15-7-10-17(19)11-8-15/h2-12,14H,13H2,1H3,(H,20,21)/b12-9+. The molecule has 0 saturated heterocycles. The van der Waals surface area contributed by atoms with Crippen molar-refractivity contribution in [3.63, 3.8) is 0 Å². The lowest BCUT2D eigenvalue weighted by molar-refractivity contribution is -0.116. The van der Waals surface area contributed by atoms with Crippen molar-refractivity contribution < 1.29 is 9.18 Å². The number of halogens is 1. The van der Waals surface area contributed by atoms with Gasteiger partial charge in [0.15, 0.2) is 0 Å². The molecule has 0 spiro atoms. The van der Waals surface area contributed by atoms with Crippen LogP contribution < -0.4 is 5.32 Å². The maximum absolute atomic E-state index is 12.8. The van der Waals surface area contributed by atoms with Gasteiger partial charge in [0.25, 0.3) is 0 Å². The Bertz CT molecular complexity index is 605. The van der Waals surface area contributed by atoms with Gasteiger partial charge < -0.3 is 5.32 Å². The average Bonchev–Trinajstić information content (AvgIpc) is 2.53. The quantitative estimate of drug-likeness (QED) is 0.832. The van der Waals surface area contributed by atoms with E-state index < -0.39 is 0 Å². The van der Waals surface area contributed by atoms with Crippen molar-refractivity contribution in [1.82, 2.24) is 5.32 Å². The third-order valence-electron chi connectivity index (χ3n) is 3.25. The summed E-state index contributed by atoms with van der Waals surface area (Å²) < 4.78 is 12.8. The van der Waals surface area contributed by atoms with Crippen LogP contribution in [0, 0.1) is 5.82 Å². The molecule has 0 radical (unpaired) electrons. The Morgan fingerprint density at radius 2 is 1.81 bits per heavy atom. The second-order valence-corrected chi connectivity index (χ2v) is 4.94. The Labute approximate surface area is 124 Å². The number of hydrogen-bond donors (Lipinski definition) is 1. The summed E-state index contributed by atoms with van der Waals surface area (Å²) in [5, 5.41) is 2.86. The molecule has 21 heavy (non-hydrogen) atoms. The molecular weight excluding hydrogens is 265 g/mol. The first kappa shape index (κ1) is 15.0. The second kappa shape index (κ2) is 7.39. The Morgan fingerprint density at radius 1 is 1.14 bits per heavy atom. The summed E-state index contributed by atoms with van der Waals surface area (Å²) in [5.74, 6) is -0.176. The Hall–Kier alpha value is -2.42. The summed E-state index contributed by atoms with van der Waals surface area (Å²) in [6, 6.07) is 16.0. The normalized spacial score (nSPS) is 12.3. The van der Waals surface area contributed by atoms with Crippen molar-refractivity contribution >= 4 is 12.0 Å². The smallest absolute Gasteiger partial charge is 0.244 e. The molecule has 0 aliphatic carbocycles. The van der Waals surface area contributed by atoms with Crippen LogP contribution in [0.5, 0.6) is 0 Å². The molecule has 1 amide bonds. The zero-order valence-electron chi connectivity index (χ0n) is 11.9. The minimum atomic E-state index is -0.284. The maximum atomic E-state index is 12.8. The van der Waals surface area contributed by atoms with E-state index in [-0.39, 0.29) is 17.6 Å². The third kappa shape index (κ3) is 4.88. The summed E-state index contributed by atoms with van der Waals surface area (Å²) in [4.78, 5) is 11.7. The number of carbonyl (C=O) groups excluding carboxylic acids is 1. The van der Waals surface area contributed by atoms with Gasteiger partial charge in [0.05, 0.1) is 0 Å². The molecule has 2 aromatic carbocycles. The van der Waals surface area contributed by atoms with Gasteiger partial charge in [-0.15, -0.1) is 0 Å². The van der Waals surface area contributed by atoms with E-state index in [9.17, 15) is 9.18 Å². The van der Waals surface area contributed by atoms with Crippen LogP contribution in [0.25, 0.3) is 6.08 Å². The van der Waals surface area contributed by atoms with Crippen molar-refractivity contribution in [3.8, 4) is 0 Å². The Morgan fingerprint density at radius 3 is 2.48 bits per heavy atom. The molecule has 0 aromatic heterocycles. The fourth-order valence-electron chi connectivity index (χ4n) is 1.96. The molecular formula is C18H18FNO. The Kier molecular flexibility index (Phi) is 5.27. The molecule has 0 heterocycles. The monoisotopic (exact) mass is 283 g/mol. The number of amides is 1. The SMILES string of the molecule is CC(CNC(=O)/C=C/c1ccc(F)cc1)c1ccccc1. The lowest BCUT2D eigenvalue weighted by atomic mass is 10.0. The summed E-state index contributed by atoms with van der Waals surface area (Å²) in [6.07, 6.45) is 3.13. The number of hydrogen-bond acceptors (Lipinski definition) is 1. The van der Waals surface area contributed by atoms with E-state index >= 15 is 0 Å². The van der Waals surface area contributed by atoms with Gasteiger partial charge in [-0.3, -0.25) is 4.79 Å². The fraction of sp³-hybridized carbons (Fsp3) is 0.167. The molecule has 2 nitrogen and oxygen atoms in total. The van der Waals surface area contributed by atoms with Gasteiger partial charge in [-0.2, -0.15) is 0 Å². The van der Waals surface area contributed by atoms with Crippen LogP contribution in [0.15, 0.2) is 60.7 Å². The molecule has 108 valence electrons. The lowest BCUT2D eigenvalue weighted by Crippen LogP contribution is -2.25. The van der Waals surface area contributed by atoms with E-state index in [0.29, 0.717) is 6.54 Å². The van der Waals surface area contributed by atoms with Gasteiger partial charge in [0, 0.05) is 12.6 Å². The van der Waals surface area contributed by atoms with E-state index in [1.807, 2.05) is 30.3 Å². The first-order valence-electron chi connectivity index (χ1n) is 6.91. The predicted octanol–water partition coefficient (Wildman–Crippen LogP) is 3.76. The van der Waals surface area contributed by atoms with Crippen LogP contribution in [-0.2, 0) is 4.79 Å². The zero-order chi connectivity index (χ0) is 15.1. The van der Waals surface area contributed by atoms with Gasteiger partial charge in [-0.25, -0.2) is 4.39 Å². The molecule has 1 unspecified atom stereocenters. The minimum absolute atomic E-state index is 0.151. The summed E-state index contributed by atoms with van der Waals surface area (Å²) in [7, 11) is 0. The largest absolute Gasteiger partial charge is 0.352 e. The van der Waals surface area contributed by atoms with Gasteiger partial charge in [-0.1, -0.05) is 49.4 Å². The van der Waals surface area contributed by atoms with Crippen LogP contribution in [-0.4, -0.2) is 12.5 Å². The summed E-state index contributed by atoms with van der Waals surface area (Å²) >= 11 is 0. The van der Waals surface area contributed by atoms with E-state index in [0.717, 1.165) is 5.56 Å². The van der Waals surface area contributed by atoms with Crippen molar-refractivity contribution in [2.75, 3.05) is 6.54 Å². The van der Waals surface area contributed by atoms with Crippen LogP contribution in [0.2, 0.25) is 0 Å². The van der Waals surface area contributed by atoms with E-state index in [4.69, 9.17) is 0 Å². The van der Waals surface area contributed by atoms with E-state index in [2.05, 4.69) is 12.2 Å². The highest BCUT2D eigenvalue weighted by Crippen LogP contribution is 2.13. The highest BCUT2D eigenvalue weighted by atomic mass is 19.1. The molecule has 1 N–H and O–H groups in total. The molecule has 1 atom stereocenters.